The lowest BCUT2D eigenvalue weighted by atomic mass is 9.85. The van der Waals surface area contributed by atoms with Crippen molar-refractivity contribution in [3.05, 3.63) is 247 Å². The maximum Gasteiger partial charge on any atom is 0.167 e. The van der Waals surface area contributed by atoms with Gasteiger partial charge in [-0.05, 0) is 108 Å². The van der Waals surface area contributed by atoms with Gasteiger partial charge in [0.25, 0.3) is 0 Å². The highest BCUT2D eigenvalue weighted by atomic mass is 16.5. The topological polar surface area (TPSA) is 72.2 Å². The zero-order valence-electron chi connectivity index (χ0n) is 53.8. The van der Waals surface area contributed by atoms with Crippen LogP contribution in [0, 0.1) is 20.8 Å². The molecule has 0 spiro atoms. The fraction of sp³-hybridized carbons (Fsp3) is 0.114. The summed E-state index contributed by atoms with van der Waals surface area (Å²) in [7, 11) is 0. The first-order valence-corrected chi connectivity index (χ1v) is 25.8. The first-order chi connectivity index (χ1) is 42.2. The Bertz CT molecular complexity index is 4650. The van der Waals surface area contributed by atoms with Crippen molar-refractivity contribution < 1.29 is 18.4 Å². The van der Waals surface area contributed by atoms with Crippen LogP contribution in [0.5, 0.6) is 11.5 Å². The van der Waals surface area contributed by atoms with Crippen molar-refractivity contribution in [3.8, 4) is 73.7 Å². The van der Waals surface area contributed by atoms with Gasteiger partial charge >= 0.3 is 0 Å². The van der Waals surface area contributed by atoms with Crippen LogP contribution >= 0.6 is 0 Å². The molecule has 0 N–H and O–H groups in total. The maximum atomic E-state index is 9.39. The quantitative estimate of drug-likeness (QED) is 0.135. The lowest BCUT2D eigenvalue weighted by Crippen LogP contribution is -2.25. The Morgan fingerprint density at radius 1 is 0.500 bits per heavy atom. The van der Waals surface area contributed by atoms with Gasteiger partial charge in [0.05, 0.1) is 47.4 Å². The van der Waals surface area contributed by atoms with Gasteiger partial charge < -0.3 is 14.5 Å². The molecule has 8 nitrogen and oxygen atoms in total. The molecule has 0 atom stereocenters. The summed E-state index contributed by atoms with van der Waals surface area (Å²) in [5.74, 6) is 2.95. The number of fused-ring (bicyclic) bond motifs is 4. The number of pyridine rings is 1. The summed E-state index contributed by atoms with van der Waals surface area (Å²) in [5.41, 5.74) is 9.44. The molecular weight excluding hydrogens is 955 g/mol. The van der Waals surface area contributed by atoms with Crippen LogP contribution in [0.25, 0.3) is 84.0 Å². The molecule has 4 heterocycles. The molecule has 78 heavy (non-hydrogen) atoms. The second-order valence-electron chi connectivity index (χ2n) is 20.5. The van der Waals surface area contributed by atoms with E-state index in [2.05, 4.69) is 54.5 Å². The van der Waals surface area contributed by atoms with Gasteiger partial charge in [-0.2, -0.15) is 0 Å². The fourth-order valence-corrected chi connectivity index (χ4v) is 10.7. The minimum Gasteiger partial charge on any atom is -0.456 e. The first-order valence-electron chi connectivity index (χ1n) is 30.8. The highest BCUT2D eigenvalue weighted by Crippen LogP contribution is 2.53. The molecule has 0 bridgehead atoms. The number of para-hydroxylation sites is 3. The van der Waals surface area contributed by atoms with Crippen LogP contribution in [-0.4, -0.2) is 31.2 Å². The number of ether oxygens (including phenoxy) is 1. The summed E-state index contributed by atoms with van der Waals surface area (Å²) in [4.78, 5) is 24.4. The van der Waals surface area contributed by atoms with Gasteiger partial charge in [0.1, 0.15) is 24.0 Å². The van der Waals surface area contributed by atoms with Gasteiger partial charge in [-0.25, -0.2) is 19.9 Å². The lowest BCUT2D eigenvalue weighted by molar-refractivity contribution is 0.484. The molecule has 8 heteroatoms. The molecule has 0 aliphatic carbocycles. The Labute approximate surface area is 469 Å². The number of aromatic nitrogens is 5. The van der Waals surface area contributed by atoms with E-state index in [4.69, 9.17) is 32.9 Å². The summed E-state index contributed by atoms with van der Waals surface area (Å²) in [6.07, 6.45) is 1.85. The van der Waals surface area contributed by atoms with Gasteiger partial charge in [0.15, 0.2) is 17.5 Å². The normalized spacial score (nSPS) is 14.2. The highest BCUT2D eigenvalue weighted by Gasteiger charge is 2.34. The van der Waals surface area contributed by atoms with Gasteiger partial charge in [-0.3, -0.25) is 4.57 Å². The van der Waals surface area contributed by atoms with E-state index in [-0.39, 0.29) is 34.3 Å². The van der Waals surface area contributed by atoms with E-state index in [0.29, 0.717) is 68.3 Å². The second-order valence-corrected chi connectivity index (χ2v) is 20.5. The number of benzene rings is 9. The van der Waals surface area contributed by atoms with Crippen LogP contribution in [0.4, 0.5) is 22.7 Å². The average molecular weight is 1020 g/mol. The minimum atomic E-state index is -0.563. The zero-order valence-corrected chi connectivity index (χ0v) is 43.8. The van der Waals surface area contributed by atoms with Crippen molar-refractivity contribution in [3.63, 3.8) is 0 Å². The Balaban J connectivity index is 1.02. The van der Waals surface area contributed by atoms with Crippen molar-refractivity contribution in [1.29, 1.82) is 0 Å². The van der Waals surface area contributed by atoms with Crippen LogP contribution in [0.2, 0.25) is 0 Å². The molecule has 0 radical (unpaired) electrons. The van der Waals surface area contributed by atoms with Crippen molar-refractivity contribution >= 4 is 44.6 Å². The summed E-state index contributed by atoms with van der Waals surface area (Å²) in [5, 5.41) is 1.90. The molecule has 0 saturated carbocycles. The molecule has 1 aliphatic rings. The number of hydrogen-bond acceptors (Lipinski definition) is 7. The van der Waals surface area contributed by atoms with E-state index in [9.17, 15) is 5.48 Å². The molecule has 378 valence electrons. The fourth-order valence-electron chi connectivity index (χ4n) is 10.7. The minimum absolute atomic E-state index is 0.0510. The third-order valence-corrected chi connectivity index (χ3v) is 14.8. The van der Waals surface area contributed by atoms with Crippen LogP contribution in [0.1, 0.15) is 56.7 Å². The van der Waals surface area contributed by atoms with Crippen molar-refractivity contribution in [2.45, 2.75) is 47.0 Å². The van der Waals surface area contributed by atoms with E-state index in [1.165, 1.54) is 0 Å². The SMILES string of the molecule is [2H]c1c([2H])c([2H])c(-c2c(C)c(C)c(C)c(-c3c([2H])c([2H])c([2H])c([2H])c3[2H])c2N2CN(c3cccc(Oc4cc5c(cc4-c4nc(-c6ccccc6)nc(-c6ccccc6)n4)c4ccccc4n5-c4cc(C(C)(C)C)ccn4)c3)c3ccccc32)c([2H])c1[2H]. The van der Waals surface area contributed by atoms with Gasteiger partial charge in [0, 0.05) is 57.0 Å². The lowest BCUT2D eigenvalue weighted by Gasteiger charge is -2.30. The largest absolute Gasteiger partial charge is 0.456 e. The summed E-state index contributed by atoms with van der Waals surface area (Å²) < 4.78 is 99.6. The molecule has 9 aromatic carbocycles. The van der Waals surface area contributed by atoms with Crippen molar-refractivity contribution in [2.24, 2.45) is 0 Å². The molecule has 0 amide bonds. The van der Waals surface area contributed by atoms with E-state index in [1.54, 1.807) is 0 Å². The number of nitrogens with zero attached hydrogens (tertiary/aromatic N) is 7. The Kier molecular flexibility index (Phi) is 9.48. The molecule has 0 fully saturated rings. The molecule has 0 saturated heterocycles. The Morgan fingerprint density at radius 3 is 1.71 bits per heavy atom. The standard InChI is InChI=1S/C70H57N7O/c1-45-46(2)64(48-24-11-7-12-25-48)66(65(47(45)3)49-26-13-8-14-27-49)76-44-75(59-36-21-22-37-60(59)76)53-32-23-33-54(41-53)78-62-43-61-56(55-34-19-20-35-58(55)77(61)63-40-52(38-39-71-63)70(4,5)6)42-57(62)69-73-67(50-28-15-9-16-29-50)72-68(74-69)51-30-17-10-18-31-51/h7-43H,44H2,1-6H3/i7D,8D,11D,12D,13D,14D,24D,25D,26D,27D. The summed E-state index contributed by atoms with van der Waals surface area (Å²) in [6.45, 7) is 12.1. The van der Waals surface area contributed by atoms with E-state index in [0.717, 1.165) is 50.0 Å². The predicted molar refractivity (Wildman–Crippen MR) is 321 cm³/mol. The monoisotopic (exact) mass is 1020 g/mol. The average Bonchev–Trinajstić information content (AvgIpc) is 1.82. The Morgan fingerprint density at radius 2 is 1.08 bits per heavy atom. The van der Waals surface area contributed by atoms with Crippen LogP contribution in [0.15, 0.2) is 224 Å². The van der Waals surface area contributed by atoms with Crippen molar-refractivity contribution in [2.75, 3.05) is 16.5 Å². The van der Waals surface area contributed by atoms with Crippen molar-refractivity contribution in [1.82, 2.24) is 24.5 Å². The Hall–Kier alpha value is -9.66. The summed E-state index contributed by atoms with van der Waals surface area (Å²) in [6, 6.07) is 46.3. The molecule has 1 aliphatic heterocycles. The molecule has 13 rings (SSSR count). The third kappa shape index (κ3) is 8.52. The predicted octanol–water partition coefficient (Wildman–Crippen LogP) is 18.0. The van der Waals surface area contributed by atoms with E-state index in [1.807, 2.05) is 165 Å². The van der Waals surface area contributed by atoms with E-state index >= 15 is 0 Å². The van der Waals surface area contributed by atoms with E-state index < -0.39 is 60.4 Å². The number of rotatable bonds is 10. The van der Waals surface area contributed by atoms with Gasteiger partial charge in [-0.1, -0.05) is 178 Å². The third-order valence-electron chi connectivity index (χ3n) is 14.8. The molecule has 0 unspecified atom stereocenters. The highest BCUT2D eigenvalue weighted by molar-refractivity contribution is 6.11. The van der Waals surface area contributed by atoms with Crippen LogP contribution < -0.4 is 14.5 Å². The van der Waals surface area contributed by atoms with Crippen LogP contribution in [0.3, 0.4) is 0 Å². The van der Waals surface area contributed by atoms with Gasteiger partial charge in [0.2, 0.25) is 0 Å². The molecule has 3 aromatic heterocycles. The van der Waals surface area contributed by atoms with Crippen LogP contribution in [-0.2, 0) is 5.41 Å². The number of hydrogen-bond donors (Lipinski definition) is 0. The summed E-state index contributed by atoms with van der Waals surface area (Å²) >= 11 is 0. The maximum absolute atomic E-state index is 9.39. The smallest absolute Gasteiger partial charge is 0.167 e. The second kappa shape index (κ2) is 19.5. The van der Waals surface area contributed by atoms with Gasteiger partial charge in [-0.15, -0.1) is 0 Å². The first kappa shape index (κ1) is 38.0. The molecular formula is C70H57N7O. The molecule has 12 aromatic rings. The number of anilines is 4. The zero-order chi connectivity index (χ0) is 61.8.